The van der Waals surface area contributed by atoms with Crippen molar-refractivity contribution >= 4 is 34.1 Å². The van der Waals surface area contributed by atoms with Gasteiger partial charge in [-0.2, -0.15) is 0 Å². The summed E-state index contributed by atoms with van der Waals surface area (Å²) >= 11 is 5.93. The molecule has 31 heavy (non-hydrogen) atoms. The standard InChI is InChI=1S/C25H24ClFN2O2/c1-2-18(25(30)29-16-6-3-14(26)4-7-16)24-19-12-17(13-20(19)24)31-23-9-10-28-22-8-5-15(27)11-21(22)23/h3-11,17-20,24H,2,12-13H2,1H3,(H,29,30)/t17?,18?,19-,20+,24?. The largest absolute Gasteiger partial charge is 0.490 e. The second-order valence-corrected chi connectivity index (χ2v) is 9.03. The van der Waals surface area contributed by atoms with Gasteiger partial charge in [0, 0.05) is 28.2 Å². The fourth-order valence-electron chi connectivity index (χ4n) is 5.31. The summed E-state index contributed by atoms with van der Waals surface area (Å²) in [4.78, 5) is 17.2. The second kappa shape index (κ2) is 8.12. The predicted molar refractivity (Wildman–Crippen MR) is 120 cm³/mol. The van der Waals surface area contributed by atoms with Gasteiger partial charge in [-0.1, -0.05) is 18.5 Å². The highest BCUT2D eigenvalue weighted by atomic mass is 35.5. The maximum Gasteiger partial charge on any atom is 0.227 e. The van der Waals surface area contributed by atoms with Crippen LogP contribution in [0, 0.1) is 29.5 Å². The number of ether oxygens (including phenoxy) is 1. The lowest BCUT2D eigenvalue weighted by molar-refractivity contribution is -0.121. The number of anilines is 1. The van der Waals surface area contributed by atoms with E-state index in [-0.39, 0.29) is 23.7 Å². The van der Waals surface area contributed by atoms with Crippen LogP contribution in [0.5, 0.6) is 5.75 Å². The monoisotopic (exact) mass is 438 g/mol. The van der Waals surface area contributed by atoms with Crippen molar-refractivity contribution in [3.63, 3.8) is 0 Å². The number of aromatic nitrogens is 1. The Morgan fingerprint density at radius 3 is 2.65 bits per heavy atom. The number of amides is 1. The summed E-state index contributed by atoms with van der Waals surface area (Å²) in [5, 5.41) is 4.39. The van der Waals surface area contributed by atoms with E-state index in [0.29, 0.717) is 33.9 Å². The molecule has 1 heterocycles. The van der Waals surface area contributed by atoms with Crippen molar-refractivity contribution in [1.82, 2.24) is 4.98 Å². The molecule has 2 aliphatic carbocycles. The Bertz CT molecular complexity index is 1110. The minimum absolute atomic E-state index is 0.00230. The molecular formula is C25H24ClFN2O2. The van der Waals surface area contributed by atoms with E-state index in [1.54, 1.807) is 30.5 Å². The molecule has 1 N–H and O–H groups in total. The van der Waals surface area contributed by atoms with Gasteiger partial charge in [-0.15, -0.1) is 0 Å². The van der Waals surface area contributed by atoms with E-state index in [2.05, 4.69) is 17.2 Å². The van der Waals surface area contributed by atoms with Gasteiger partial charge in [0.1, 0.15) is 11.6 Å². The van der Waals surface area contributed by atoms with E-state index >= 15 is 0 Å². The van der Waals surface area contributed by atoms with E-state index < -0.39 is 0 Å². The third kappa shape index (κ3) is 3.99. The van der Waals surface area contributed by atoms with Crippen LogP contribution in [-0.2, 0) is 4.79 Å². The zero-order chi connectivity index (χ0) is 21.5. The highest BCUT2D eigenvalue weighted by molar-refractivity contribution is 6.30. The number of fused-ring (bicyclic) bond motifs is 2. The van der Waals surface area contributed by atoms with Gasteiger partial charge in [0.2, 0.25) is 5.91 Å². The molecule has 1 aromatic heterocycles. The molecule has 6 heteroatoms. The highest BCUT2D eigenvalue weighted by Crippen LogP contribution is 2.62. The first-order valence-corrected chi connectivity index (χ1v) is 11.2. The minimum atomic E-state index is -0.294. The van der Waals surface area contributed by atoms with Gasteiger partial charge < -0.3 is 10.1 Å². The van der Waals surface area contributed by atoms with Gasteiger partial charge in [0.05, 0.1) is 11.6 Å². The van der Waals surface area contributed by atoms with E-state index in [4.69, 9.17) is 16.3 Å². The van der Waals surface area contributed by atoms with Crippen molar-refractivity contribution in [2.24, 2.45) is 23.7 Å². The van der Waals surface area contributed by atoms with Gasteiger partial charge in [0.15, 0.2) is 0 Å². The summed E-state index contributed by atoms with van der Waals surface area (Å²) in [5.74, 6) is 1.90. The molecule has 5 rings (SSSR count). The van der Waals surface area contributed by atoms with Gasteiger partial charge >= 0.3 is 0 Å². The first kappa shape index (κ1) is 20.3. The summed E-state index contributed by atoms with van der Waals surface area (Å²) in [7, 11) is 0. The fourth-order valence-corrected chi connectivity index (χ4v) is 5.44. The number of nitrogens with one attached hydrogen (secondary N) is 1. The molecule has 2 saturated carbocycles. The number of nitrogens with zero attached hydrogens (tertiary/aromatic N) is 1. The lowest BCUT2D eigenvalue weighted by Crippen LogP contribution is -2.27. The number of halogens is 2. The topological polar surface area (TPSA) is 51.2 Å². The molecule has 2 aromatic carbocycles. The Morgan fingerprint density at radius 2 is 1.94 bits per heavy atom. The van der Waals surface area contributed by atoms with Crippen molar-refractivity contribution < 1.29 is 13.9 Å². The summed E-state index contributed by atoms with van der Waals surface area (Å²) in [5.41, 5.74) is 1.50. The lowest BCUT2D eigenvalue weighted by atomic mass is 9.93. The average molecular weight is 439 g/mol. The first-order valence-electron chi connectivity index (χ1n) is 10.8. The van der Waals surface area contributed by atoms with Crippen molar-refractivity contribution in [2.45, 2.75) is 32.3 Å². The minimum Gasteiger partial charge on any atom is -0.490 e. The number of rotatable bonds is 6. The van der Waals surface area contributed by atoms with E-state index in [1.165, 1.54) is 12.1 Å². The Kier molecular flexibility index (Phi) is 5.30. The maximum atomic E-state index is 13.7. The third-order valence-electron chi connectivity index (χ3n) is 6.78. The zero-order valence-electron chi connectivity index (χ0n) is 17.2. The molecule has 0 bridgehead atoms. The predicted octanol–water partition coefficient (Wildman–Crippen LogP) is 6.10. The van der Waals surface area contributed by atoms with Crippen LogP contribution in [0.25, 0.3) is 10.9 Å². The molecule has 2 aliphatic rings. The van der Waals surface area contributed by atoms with E-state index in [9.17, 15) is 9.18 Å². The number of carbonyl (C=O) groups is 1. The van der Waals surface area contributed by atoms with Crippen LogP contribution in [0.3, 0.4) is 0 Å². The lowest BCUT2D eigenvalue weighted by Gasteiger charge is -2.21. The maximum absolute atomic E-state index is 13.7. The number of pyridine rings is 1. The molecule has 160 valence electrons. The van der Waals surface area contributed by atoms with Crippen LogP contribution in [0.15, 0.2) is 54.7 Å². The van der Waals surface area contributed by atoms with Crippen molar-refractivity contribution in [2.75, 3.05) is 5.32 Å². The molecule has 3 unspecified atom stereocenters. The Morgan fingerprint density at radius 1 is 1.19 bits per heavy atom. The van der Waals surface area contributed by atoms with Gasteiger partial charge in [-0.3, -0.25) is 9.78 Å². The molecular weight excluding hydrogens is 415 g/mol. The number of hydrogen-bond acceptors (Lipinski definition) is 3. The molecule has 0 aliphatic heterocycles. The van der Waals surface area contributed by atoms with Crippen LogP contribution in [0.1, 0.15) is 26.2 Å². The summed E-state index contributed by atoms with van der Waals surface area (Å²) < 4.78 is 20.0. The molecule has 1 amide bonds. The molecule has 0 spiro atoms. The molecule has 3 aromatic rings. The van der Waals surface area contributed by atoms with Crippen LogP contribution in [0.2, 0.25) is 5.02 Å². The van der Waals surface area contributed by atoms with E-state index in [1.807, 2.05) is 12.1 Å². The Hall–Kier alpha value is -2.66. The number of carbonyl (C=O) groups excluding carboxylic acids is 1. The molecule has 2 fully saturated rings. The van der Waals surface area contributed by atoms with E-state index in [0.717, 1.165) is 30.5 Å². The fraction of sp³-hybridized carbons (Fsp3) is 0.360. The summed E-state index contributed by atoms with van der Waals surface area (Å²) in [6, 6.07) is 13.6. The second-order valence-electron chi connectivity index (χ2n) is 8.60. The quantitative estimate of drug-likeness (QED) is 0.506. The summed E-state index contributed by atoms with van der Waals surface area (Å²) in [6.07, 6.45) is 4.47. The third-order valence-corrected chi connectivity index (χ3v) is 7.03. The first-order chi connectivity index (χ1) is 15.0. The molecule has 0 radical (unpaired) electrons. The smallest absolute Gasteiger partial charge is 0.227 e. The molecule has 0 saturated heterocycles. The number of benzene rings is 2. The number of hydrogen-bond donors (Lipinski definition) is 1. The van der Waals surface area contributed by atoms with Gasteiger partial charge in [0.25, 0.3) is 0 Å². The van der Waals surface area contributed by atoms with Crippen LogP contribution in [0.4, 0.5) is 10.1 Å². The van der Waals surface area contributed by atoms with Crippen LogP contribution >= 0.6 is 11.6 Å². The van der Waals surface area contributed by atoms with Crippen molar-refractivity contribution in [3.05, 3.63) is 65.6 Å². The summed E-state index contributed by atoms with van der Waals surface area (Å²) in [6.45, 7) is 2.08. The Balaban J connectivity index is 1.22. The van der Waals surface area contributed by atoms with Gasteiger partial charge in [-0.05, 0) is 85.5 Å². The van der Waals surface area contributed by atoms with Crippen molar-refractivity contribution in [3.8, 4) is 5.75 Å². The SMILES string of the molecule is CCC(C(=O)Nc1ccc(Cl)cc1)C1[C@H]2CC(Oc3ccnc4ccc(F)cc34)C[C@@H]12. The highest BCUT2D eigenvalue weighted by Gasteiger charge is 2.60. The normalized spacial score (nSPS) is 25.1. The van der Waals surface area contributed by atoms with Crippen LogP contribution < -0.4 is 10.1 Å². The molecule has 5 atom stereocenters. The Labute approximate surface area is 185 Å². The van der Waals surface area contributed by atoms with Crippen LogP contribution in [-0.4, -0.2) is 17.0 Å². The average Bonchev–Trinajstić information content (AvgIpc) is 3.23. The zero-order valence-corrected chi connectivity index (χ0v) is 18.0. The van der Waals surface area contributed by atoms with Gasteiger partial charge in [-0.25, -0.2) is 4.39 Å². The van der Waals surface area contributed by atoms with Crippen molar-refractivity contribution in [1.29, 1.82) is 0 Å². The molecule has 4 nitrogen and oxygen atoms in total.